The SMILES string of the molecule is O=C(CCNc1ncccn1)NC1CCN(C2CC2)C1. The first kappa shape index (κ1) is 13.3. The fourth-order valence-electron chi connectivity index (χ4n) is 2.65. The smallest absolute Gasteiger partial charge is 0.222 e. The van der Waals surface area contributed by atoms with Gasteiger partial charge in [-0.3, -0.25) is 9.69 Å². The Bertz CT molecular complexity index is 448. The van der Waals surface area contributed by atoms with Crippen molar-refractivity contribution in [2.75, 3.05) is 25.0 Å². The van der Waals surface area contributed by atoms with Gasteiger partial charge < -0.3 is 10.6 Å². The zero-order valence-corrected chi connectivity index (χ0v) is 11.6. The zero-order chi connectivity index (χ0) is 13.8. The minimum absolute atomic E-state index is 0.107. The van der Waals surface area contributed by atoms with Crippen LogP contribution in [0.15, 0.2) is 18.5 Å². The van der Waals surface area contributed by atoms with Gasteiger partial charge in [-0.2, -0.15) is 0 Å². The summed E-state index contributed by atoms with van der Waals surface area (Å²) in [5.74, 6) is 0.678. The predicted molar refractivity (Wildman–Crippen MR) is 76.3 cm³/mol. The maximum atomic E-state index is 11.9. The number of carbonyl (C=O) groups is 1. The van der Waals surface area contributed by atoms with Crippen molar-refractivity contribution >= 4 is 11.9 Å². The third-order valence-electron chi connectivity index (χ3n) is 3.85. The van der Waals surface area contributed by atoms with Gasteiger partial charge in [0.15, 0.2) is 0 Å². The van der Waals surface area contributed by atoms with Crippen LogP contribution in [0.2, 0.25) is 0 Å². The van der Waals surface area contributed by atoms with Gasteiger partial charge in [0.25, 0.3) is 0 Å². The molecule has 2 aliphatic rings. The van der Waals surface area contributed by atoms with Crippen molar-refractivity contribution in [2.45, 2.75) is 37.8 Å². The highest BCUT2D eigenvalue weighted by Crippen LogP contribution is 2.29. The minimum atomic E-state index is 0.107. The molecule has 6 heteroatoms. The lowest BCUT2D eigenvalue weighted by molar-refractivity contribution is -0.121. The second-order valence-electron chi connectivity index (χ2n) is 5.53. The highest BCUT2D eigenvalue weighted by Gasteiger charge is 2.34. The molecule has 1 saturated heterocycles. The van der Waals surface area contributed by atoms with Crippen LogP contribution in [-0.2, 0) is 4.79 Å². The molecule has 2 N–H and O–H groups in total. The van der Waals surface area contributed by atoms with Crippen LogP contribution in [0.25, 0.3) is 0 Å². The lowest BCUT2D eigenvalue weighted by Gasteiger charge is -2.15. The van der Waals surface area contributed by atoms with Crippen molar-refractivity contribution < 1.29 is 4.79 Å². The second kappa shape index (κ2) is 6.17. The quantitative estimate of drug-likeness (QED) is 0.797. The Kier molecular flexibility index (Phi) is 4.11. The molecule has 0 aromatic carbocycles. The number of rotatable bonds is 6. The van der Waals surface area contributed by atoms with E-state index in [1.165, 1.54) is 12.8 Å². The van der Waals surface area contributed by atoms with E-state index in [1.807, 2.05) is 0 Å². The number of hydrogen-bond acceptors (Lipinski definition) is 5. The van der Waals surface area contributed by atoms with Crippen molar-refractivity contribution in [3.8, 4) is 0 Å². The van der Waals surface area contributed by atoms with Gasteiger partial charge in [-0.15, -0.1) is 0 Å². The topological polar surface area (TPSA) is 70.1 Å². The van der Waals surface area contributed by atoms with Crippen LogP contribution >= 0.6 is 0 Å². The first-order chi connectivity index (χ1) is 9.81. The summed E-state index contributed by atoms with van der Waals surface area (Å²) >= 11 is 0. The van der Waals surface area contributed by atoms with Crippen LogP contribution in [0, 0.1) is 0 Å². The van der Waals surface area contributed by atoms with Crippen molar-refractivity contribution in [1.82, 2.24) is 20.2 Å². The zero-order valence-electron chi connectivity index (χ0n) is 11.6. The van der Waals surface area contributed by atoms with E-state index in [1.54, 1.807) is 18.5 Å². The number of hydrogen-bond donors (Lipinski definition) is 2. The fraction of sp³-hybridized carbons (Fsp3) is 0.643. The molecule has 1 amide bonds. The van der Waals surface area contributed by atoms with E-state index in [2.05, 4.69) is 25.5 Å². The predicted octanol–water partition coefficient (Wildman–Crippen LogP) is 0.631. The molecule has 0 bridgehead atoms. The van der Waals surface area contributed by atoms with Crippen molar-refractivity contribution in [2.24, 2.45) is 0 Å². The maximum absolute atomic E-state index is 11.9. The molecule has 108 valence electrons. The second-order valence-corrected chi connectivity index (χ2v) is 5.53. The van der Waals surface area contributed by atoms with Gasteiger partial charge in [-0.05, 0) is 25.3 Å². The summed E-state index contributed by atoms with van der Waals surface area (Å²) in [6.07, 6.45) is 7.57. The van der Waals surface area contributed by atoms with Gasteiger partial charge in [-0.1, -0.05) is 0 Å². The summed E-state index contributed by atoms with van der Waals surface area (Å²) in [4.78, 5) is 22.5. The van der Waals surface area contributed by atoms with Crippen LogP contribution in [0.5, 0.6) is 0 Å². The summed E-state index contributed by atoms with van der Waals surface area (Å²) in [7, 11) is 0. The Morgan fingerprint density at radius 1 is 1.30 bits per heavy atom. The maximum Gasteiger partial charge on any atom is 0.222 e. The third kappa shape index (κ3) is 3.66. The normalized spacial score (nSPS) is 22.7. The van der Waals surface area contributed by atoms with E-state index in [0.717, 1.165) is 25.6 Å². The molecule has 0 radical (unpaired) electrons. The molecule has 20 heavy (non-hydrogen) atoms. The Morgan fingerprint density at radius 3 is 2.85 bits per heavy atom. The Balaban J connectivity index is 1.33. The summed E-state index contributed by atoms with van der Waals surface area (Å²) in [6, 6.07) is 2.90. The Hall–Kier alpha value is -1.69. The highest BCUT2D eigenvalue weighted by molar-refractivity contribution is 5.76. The molecule has 1 aromatic rings. The van der Waals surface area contributed by atoms with Crippen molar-refractivity contribution in [3.05, 3.63) is 18.5 Å². The molecular weight excluding hydrogens is 254 g/mol. The van der Waals surface area contributed by atoms with Gasteiger partial charge in [0, 0.05) is 50.5 Å². The van der Waals surface area contributed by atoms with Crippen molar-refractivity contribution in [1.29, 1.82) is 0 Å². The summed E-state index contributed by atoms with van der Waals surface area (Å²) in [6.45, 7) is 2.71. The summed E-state index contributed by atoms with van der Waals surface area (Å²) in [5.41, 5.74) is 0. The van der Waals surface area contributed by atoms with E-state index < -0.39 is 0 Å². The fourth-order valence-corrected chi connectivity index (χ4v) is 2.65. The average molecular weight is 275 g/mol. The Labute approximate surface area is 119 Å². The molecule has 1 aliphatic carbocycles. The van der Waals surface area contributed by atoms with E-state index in [4.69, 9.17) is 0 Å². The molecule has 1 aliphatic heterocycles. The van der Waals surface area contributed by atoms with E-state index >= 15 is 0 Å². The molecule has 1 saturated carbocycles. The van der Waals surface area contributed by atoms with Gasteiger partial charge in [-0.25, -0.2) is 9.97 Å². The standard InChI is InChI=1S/C14H21N5O/c20-13(4-8-17-14-15-6-1-7-16-14)18-11-5-9-19(10-11)12-2-3-12/h1,6-7,11-12H,2-5,8-10H2,(H,18,20)(H,15,16,17). The lowest BCUT2D eigenvalue weighted by atomic mass is 10.2. The van der Waals surface area contributed by atoms with Crippen LogP contribution in [0.3, 0.4) is 0 Å². The number of likely N-dealkylation sites (tertiary alicyclic amines) is 1. The molecule has 0 spiro atoms. The van der Waals surface area contributed by atoms with E-state index in [9.17, 15) is 4.79 Å². The number of nitrogens with one attached hydrogen (secondary N) is 2. The monoisotopic (exact) mass is 275 g/mol. The Morgan fingerprint density at radius 2 is 2.10 bits per heavy atom. The molecule has 2 heterocycles. The minimum Gasteiger partial charge on any atom is -0.354 e. The molecule has 1 aromatic heterocycles. The van der Waals surface area contributed by atoms with Crippen LogP contribution in [0.4, 0.5) is 5.95 Å². The number of amides is 1. The van der Waals surface area contributed by atoms with Gasteiger partial charge >= 0.3 is 0 Å². The van der Waals surface area contributed by atoms with E-state index in [0.29, 0.717) is 25.0 Å². The number of carbonyl (C=O) groups excluding carboxylic acids is 1. The molecule has 3 rings (SSSR count). The van der Waals surface area contributed by atoms with Gasteiger partial charge in [0.05, 0.1) is 0 Å². The molecule has 2 fully saturated rings. The first-order valence-electron chi connectivity index (χ1n) is 7.35. The van der Waals surface area contributed by atoms with Crippen LogP contribution in [0.1, 0.15) is 25.7 Å². The van der Waals surface area contributed by atoms with Crippen LogP contribution in [-0.4, -0.2) is 52.5 Å². The third-order valence-corrected chi connectivity index (χ3v) is 3.85. The largest absolute Gasteiger partial charge is 0.354 e. The van der Waals surface area contributed by atoms with Crippen molar-refractivity contribution in [3.63, 3.8) is 0 Å². The average Bonchev–Trinajstić information content (AvgIpc) is 3.21. The van der Waals surface area contributed by atoms with Gasteiger partial charge in [0.2, 0.25) is 11.9 Å². The first-order valence-corrected chi connectivity index (χ1v) is 7.35. The summed E-state index contributed by atoms with van der Waals surface area (Å²) in [5, 5.41) is 6.16. The molecule has 1 atom stereocenters. The number of aromatic nitrogens is 2. The highest BCUT2D eigenvalue weighted by atomic mass is 16.1. The van der Waals surface area contributed by atoms with Crippen LogP contribution < -0.4 is 10.6 Å². The molecule has 6 nitrogen and oxygen atoms in total. The molecular formula is C14H21N5O. The lowest BCUT2D eigenvalue weighted by Crippen LogP contribution is -2.38. The van der Waals surface area contributed by atoms with E-state index in [-0.39, 0.29) is 5.91 Å². The summed E-state index contributed by atoms with van der Waals surface area (Å²) < 4.78 is 0. The number of nitrogens with zero attached hydrogens (tertiary/aromatic N) is 3. The number of anilines is 1. The van der Waals surface area contributed by atoms with Gasteiger partial charge in [0.1, 0.15) is 0 Å². The molecule has 1 unspecified atom stereocenters.